The summed E-state index contributed by atoms with van der Waals surface area (Å²) in [5, 5.41) is 13.1. The summed E-state index contributed by atoms with van der Waals surface area (Å²) in [6.07, 6.45) is 13.6. The molecule has 1 N–H and O–H groups in total. The molecule has 7 nitrogen and oxygen atoms in total. The topological polar surface area (TPSA) is 98.0 Å². The Balaban J connectivity index is 1.37. The number of nitrogens with zero attached hydrogens (tertiary/aromatic N) is 2. The minimum absolute atomic E-state index is 0.0799. The smallest absolute Gasteiger partial charge is 0.545 e. The molecule has 2 aromatic heterocycles. The zero-order valence-corrected chi connectivity index (χ0v) is 32.6. The second kappa shape index (κ2) is 16.7. The molecule has 0 spiro atoms. The third-order valence-corrected chi connectivity index (χ3v) is 11.2. The molecule has 1 aliphatic rings. The van der Waals surface area contributed by atoms with Crippen LogP contribution in [0.25, 0.3) is 11.6 Å². The summed E-state index contributed by atoms with van der Waals surface area (Å²) in [4.78, 5) is 42.6. The average molecular weight is 746 g/mol. The average Bonchev–Trinajstić information content (AvgIpc) is 3.82. The van der Waals surface area contributed by atoms with E-state index in [0.29, 0.717) is 39.6 Å². The first-order chi connectivity index (χ1) is 26.3. The fraction of sp³-hybridized carbons (Fsp3) is 0.378. The van der Waals surface area contributed by atoms with Gasteiger partial charge in [0.15, 0.2) is 5.71 Å². The molecule has 0 unspecified atom stereocenters. The van der Waals surface area contributed by atoms with E-state index in [-0.39, 0.29) is 26.9 Å². The van der Waals surface area contributed by atoms with Crippen LogP contribution in [0.3, 0.4) is 0 Å². The molecule has 0 amide bonds. The maximum Gasteiger partial charge on any atom is 0.677 e. The van der Waals surface area contributed by atoms with Crippen molar-refractivity contribution in [3.8, 4) is 0 Å². The van der Waals surface area contributed by atoms with Gasteiger partial charge in [-0.25, -0.2) is 0 Å². The Morgan fingerprint density at radius 3 is 2.07 bits per heavy atom. The van der Waals surface area contributed by atoms with Crippen molar-refractivity contribution >= 4 is 36.4 Å². The number of carboxylic acid groups (broad SMARTS) is 1. The third kappa shape index (κ3) is 8.00. The van der Waals surface area contributed by atoms with E-state index in [2.05, 4.69) is 16.5 Å². The van der Waals surface area contributed by atoms with Crippen molar-refractivity contribution in [3.05, 3.63) is 142 Å². The van der Waals surface area contributed by atoms with Crippen LogP contribution in [0.2, 0.25) is 0 Å². The molecule has 1 aliphatic heterocycles. The Kier molecular flexibility index (Phi) is 12.0. The van der Waals surface area contributed by atoms with E-state index < -0.39 is 18.8 Å². The summed E-state index contributed by atoms with van der Waals surface area (Å²) >= 11 is 0. The Bertz CT molecular complexity index is 2500. The molecule has 3 aromatic carbocycles. The van der Waals surface area contributed by atoms with Gasteiger partial charge in [0, 0.05) is 52.5 Å². The summed E-state index contributed by atoms with van der Waals surface area (Å²) in [6, 6.07) is 18.9. The van der Waals surface area contributed by atoms with Gasteiger partial charge in [0.25, 0.3) is 0 Å². The zero-order valence-electron chi connectivity index (χ0n) is 32.6. The highest BCUT2D eigenvalue weighted by Gasteiger charge is 2.44. The predicted molar refractivity (Wildman–Crippen MR) is 214 cm³/mol. The second-order valence-corrected chi connectivity index (χ2v) is 15.5. The molecule has 0 fully saturated rings. The van der Waals surface area contributed by atoms with Crippen molar-refractivity contribution in [1.29, 1.82) is 0 Å². The van der Waals surface area contributed by atoms with Gasteiger partial charge >= 0.3 is 7.40 Å². The van der Waals surface area contributed by atoms with E-state index in [1.165, 1.54) is 44.9 Å². The molecule has 286 valence electrons. The third-order valence-electron chi connectivity index (χ3n) is 11.2. The number of rotatable bonds is 16. The lowest BCUT2D eigenvalue weighted by atomic mass is 9.80. The SMILES string of the molecule is CCCCCCCCCCCC[N+]1=C(C=c2c(=O)c(=c3ccc(=C(c4ccc(C)[nH]4)c4ccc(C)n4B(F)F)cc3)c2=O)C(C)(C)c2cc(C(=O)[O-])ccc21. The number of carboxylic acids is 1. The number of aromatic carboxylic acids is 1. The van der Waals surface area contributed by atoms with Gasteiger partial charge in [0.1, 0.15) is 6.54 Å². The fourth-order valence-corrected chi connectivity index (χ4v) is 8.11. The Labute approximate surface area is 321 Å². The number of benzene rings is 2. The van der Waals surface area contributed by atoms with Crippen LogP contribution in [0.5, 0.6) is 0 Å². The van der Waals surface area contributed by atoms with Crippen molar-refractivity contribution in [2.75, 3.05) is 6.54 Å². The molecule has 0 aliphatic carbocycles. The van der Waals surface area contributed by atoms with Crippen molar-refractivity contribution in [2.45, 2.75) is 104 Å². The molecule has 0 saturated carbocycles. The van der Waals surface area contributed by atoms with E-state index in [1.54, 1.807) is 67.6 Å². The van der Waals surface area contributed by atoms with Crippen molar-refractivity contribution in [2.24, 2.45) is 0 Å². The number of unbranched alkanes of at least 4 members (excludes halogenated alkanes) is 9. The van der Waals surface area contributed by atoms with E-state index in [4.69, 9.17) is 0 Å². The number of fused-ring (bicyclic) bond motifs is 1. The van der Waals surface area contributed by atoms with Gasteiger partial charge in [-0.15, -0.1) is 0 Å². The number of aryl methyl sites for hydroxylation is 2. The van der Waals surface area contributed by atoms with Gasteiger partial charge in [-0.3, -0.25) is 18.2 Å². The van der Waals surface area contributed by atoms with Crippen molar-refractivity contribution in [1.82, 2.24) is 9.46 Å². The van der Waals surface area contributed by atoms with Gasteiger partial charge in [-0.05, 0) is 86.5 Å². The molecular formula is C45H50BF2N3O4. The highest BCUT2D eigenvalue weighted by Crippen LogP contribution is 2.40. The number of hydrogen-bond donors (Lipinski definition) is 1. The molecule has 3 heterocycles. The van der Waals surface area contributed by atoms with Gasteiger partial charge in [-0.1, -0.05) is 82.6 Å². The summed E-state index contributed by atoms with van der Waals surface area (Å²) in [5.41, 5.74) is 4.04. The number of nitrogens with one attached hydrogen (secondary N) is 1. The van der Waals surface area contributed by atoms with E-state index >= 15 is 0 Å². The van der Waals surface area contributed by atoms with Crippen LogP contribution < -0.4 is 26.4 Å². The quantitative estimate of drug-likeness (QED) is 0.0711. The summed E-state index contributed by atoms with van der Waals surface area (Å²) in [7, 11) is -2.74. The first-order valence-electron chi connectivity index (χ1n) is 19.6. The maximum atomic E-state index is 14.2. The zero-order chi connectivity index (χ0) is 39.4. The van der Waals surface area contributed by atoms with Crippen LogP contribution in [-0.4, -0.2) is 39.7 Å². The first-order valence-corrected chi connectivity index (χ1v) is 19.6. The molecule has 0 radical (unpaired) electrons. The lowest BCUT2D eigenvalue weighted by Crippen LogP contribution is -2.51. The molecule has 10 heteroatoms. The maximum absolute atomic E-state index is 14.2. The Hall–Kier alpha value is -5.12. The molecule has 5 aromatic rings. The lowest BCUT2D eigenvalue weighted by molar-refractivity contribution is -0.437. The standard InChI is InChI=1S/C45H50BF2N3O4/c1-6-7-8-9-10-11-12-13-14-15-26-50-37-25-22-33(44(54)55)27-35(37)45(4,5)39(50)28-34-42(52)41(43(34)53)32-20-18-31(19-21-32)40(36-23-16-29(2)49-36)38-24-17-30(3)51(38)46(47)48/h16-25,27-28H,6-15,26H2,1-5H3,(H-,49,52,53,54,55). The van der Waals surface area contributed by atoms with Crippen LogP contribution in [0.1, 0.15) is 124 Å². The van der Waals surface area contributed by atoms with Gasteiger partial charge in [0.05, 0.1) is 21.8 Å². The fourth-order valence-electron chi connectivity index (χ4n) is 8.11. The molecule has 0 bridgehead atoms. The van der Waals surface area contributed by atoms with Crippen molar-refractivity contribution in [3.63, 3.8) is 0 Å². The van der Waals surface area contributed by atoms with Gasteiger partial charge in [0.2, 0.25) is 16.5 Å². The molecular weight excluding hydrogens is 695 g/mol. The Morgan fingerprint density at radius 1 is 0.855 bits per heavy atom. The van der Waals surface area contributed by atoms with Gasteiger partial charge in [-0.2, -0.15) is 4.58 Å². The largest absolute Gasteiger partial charge is 0.677 e. The highest BCUT2D eigenvalue weighted by atomic mass is 19.2. The number of halogens is 2. The normalized spacial score (nSPS) is 13.4. The predicted octanol–water partition coefficient (Wildman–Crippen LogP) is 6.48. The number of aromatic amines is 1. The van der Waals surface area contributed by atoms with E-state index in [9.17, 15) is 28.1 Å². The number of carbonyl (C=O) groups excluding carboxylic acids is 1. The number of aromatic nitrogens is 2. The van der Waals surface area contributed by atoms with Crippen LogP contribution in [0, 0.1) is 24.3 Å². The van der Waals surface area contributed by atoms with E-state index in [1.807, 2.05) is 32.9 Å². The van der Waals surface area contributed by atoms with Crippen LogP contribution in [0.15, 0.2) is 76.3 Å². The number of H-pyrrole nitrogens is 1. The second-order valence-electron chi connectivity index (χ2n) is 15.5. The van der Waals surface area contributed by atoms with Crippen LogP contribution in [-0.2, 0) is 5.41 Å². The molecule has 6 rings (SSSR count). The number of hydrogen-bond acceptors (Lipinski definition) is 4. The Morgan fingerprint density at radius 2 is 1.49 bits per heavy atom. The van der Waals surface area contributed by atoms with Crippen LogP contribution >= 0.6 is 0 Å². The lowest BCUT2D eigenvalue weighted by Gasteiger charge is -2.16. The summed E-state index contributed by atoms with van der Waals surface area (Å²) < 4.78 is 31.5. The number of carbonyl (C=O) groups is 1. The monoisotopic (exact) mass is 745 g/mol. The molecule has 55 heavy (non-hydrogen) atoms. The van der Waals surface area contributed by atoms with E-state index in [0.717, 1.165) is 46.4 Å². The first kappa shape index (κ1) is 39.6. The highest BCUT2D eigenvalue weighted by molar-refractivity contribution is 6.41. The minimum Gasteiger partial charge on any atom is -0.545 e. The minimum atomic E-state index is -2.74. The molecule has 0 atom stereocenters. The van der Waals surface area contributed by atoms with Gasteiger partial charge < -0.3 is 19.4 Å². The van der Waals surface area contributed by atoms with Crippen LogP contribution in [0.4, 0.5) is 14.3 Å². The summed E-state index contributed by atoms with van der Waals surface area (Å²) in [5.74, 6) is -1.26. The van der Waals surface area contributed by atoms with Crippen molar-refractivity contribution < 1.29 is 23.1 Å². The summed E-state index contributed by atoms with van der Waals surface area (Å²) in [6.45, 7) is 10.4. The molecule has 0 saturated heterocycles.